The van der Waals surface area contributed by atoms with Gasteiger partial charge < -0.3 is 4.52 Å². The van der Waals surface area contributed by atoms with Crippen LogP contribution in [0, 0.1) is 26.2 Å². The van der Waals surface area contributed by atoms with Crippen molar-refractivity contribution in [3.8, 4) is 35.2 Å². The molecule has 0 bridgehead atoms. The lowest BCUT2D eigenvalue weighted by Crippen LogP contribution is -2.03. The molecular formula is C30H24N4O. The van der Waals surface area contributed by atoms with E-state index in [-0.39, 0.29) is 0 Å². The number of rotatable bonds is 6. The lowest BCUT2D eigenvalue weighted by molar-refractivity contribution is 0.432. The van der Waals surface area contributed by atoms with Gasteiger partial charge in [0.05, 0.1) is 0 Å². The van der Waals surface area contributed by atoms with Gasteiger partial charge in [0, 0.05) is 41.4 Å². The molecule has 0 radical (unpaired) electrons. The first kappa shape index (κ1) is 22.2. The molecule has 5 rings (SSSR count). The second-order valence-corrected chi connectivity index (χ2v) is 8.54. The van der Waals surface area contributed by atoms with Crippen molar-refractivity contribution in [1.82, 2.24) is 20.1 Å². The second-order valence-electron chi connectivity index (χ2n) is 8.54. The molecular weight excluding hydrogens is 432 g/mol. The van der Waals surface area contributed by atoms with E-state index >= 15 is 0 Å². The summed E-state index contributed by atoms with van der Waals surface area (Å²) in [5.41, 5.74) is 8.38. The highest BCUT2D eigenvalue weighted by molar-refractivity contribution is 5.62. The molecule has 0 N–H and O–H groups in total. The minimum atomic E-state index is 0.516. The first-order chi connectivity index (χ1) is 17.1. The zero-order valence-corrected chi connectivity index (χ0v) is 19.7. The molecule has 0 aliphatic carbocycles. The van der Waals surface area contributed by atoms with Crippen LogP contribution in [0.1, 0.15) is 39.3 Å². The Kier molecular flexibility index (Phi) is 6.19. The molecule has 2 heterocycles. The molecule has 0 saturated heterocycles. The molecule has 0 saturated carbocycles. The van der Waals surface area contributed by atoms with Gasteiger partial charge in [-0.2, -0.15) is 4.98 Å². The fraction of sp³-hybridized carbons (Fsp3) is 0.133. The topological polar surface area (TPSA) is 64.7 Å². The SMILES string of the molecule is C#Cc1ccc(Cc2nccc(Cc3c(C)cc(-c4nc(-c5ccccc5)no4)cc3C)n2)cc1. The van der Waals surface area contributed by atoms with Gasteiger partial charge in [0.1, 0.15) is 5.82 Å². The average molecular weight is 457 g/mol. The highest BCUT2D eigenvalue weighted by Gasteiger charge is 2.14. The molecule has 170 valence electrons. The van der Waals surface area contributed by atoms with Crippen molar-refractivity contribution in [3.63, 3.8) is 0 Å². The van der Waals surface area contributed by atoms with Crippen LogP contribution in [0.3, 0.4) is 0 Å². The second kappa shape index (κ2) is 9.74. The quantitative estimate of drug-likeness (QED) is 0.294. The molecule has 2 aromatic heterocycles. The number of benzene rings is 3. The van der Waals surface area contributed by atoms with Crippen molar-refractivity contribution >= 4 is 0 Å². The number of aryl methyl sites for hydroxylation is 2. The van der Waals surface area contributed by atoms with Crippen LogP contribution in [0.5, 0.6) is 0 Å². The van der Waals surface area contributed by atoms with Crippen molar-refractivity contribution in [2.75, 3.05) is 0 Å². The molecule has 0 atom stereocenters. The van der Waals surface area contributed by atoms with Crippen LogP contribution in [0.2, 0.25) is 0 Å². The molecule has 5 heteroatoms. The van der Waals surface area contributed by atoms with Gasteiger partial charge in [-0.3, -0.25) is 0 Å². The fourth-order valence-corrected chi connectivity index (χ4v) is 4.15. The summed E-state index contributed by atoms with van der Waals surface area (Å²) in [6.45, 7) is 4.21. The lowest BCUT2D eigenvalue weighted by Gasteiger charge is -2.12. The molecule has 5 nitrogen and oxygen atoms in total. The third-order valence-electron chi connectivity index (χ3n) is 6.00. The molecule has 0 spiro atoms. The van der Waals surface area contributed by atoms with E-state index in [1.54, 1.807) is 0 Å². The minimum absolute atomic E-state index is 0.516. The van der Waals surface area contributed by atoms with Gasteiger partial charge in [0.25, 0.3) is 5.89 Å². The van der Waals surface area contributed by atoms with Crippen LogP contribution < -0.4 is 0 Å². The first-order valence-electron chi connectivity index (χ1n) is 11.4. The maximum absolute atomic E-state index is 5.57. The van der Waals surface area contributed by atoms with Crippen molar-refractivity contribution in [2.45, 2.75) is 26.7 Å². The normalized spacial score (nSPS) is 10.8. The molecule has 0 amide bonds. The van der Waals surface area contributed by atoms with E-state index in [1.165, 1.54) is 5.56 Å². The van der Waals surface area contributed by atoms with Crippen molar-refractivity contribution in [2.24, 2.45) is 0 Å². The van der Waals surface area contributed by atoms with E-state index in [1.807, 2.05) is 66.9 Å². The number of hydrogen-bond donors (Lipinski definition) is 0. The van der Waals surface area contributed by atoms with Crippen molar-refractivity contribution in [3.05, 3.63) is 118 Å². The van der Waals surface area contributed by atoms with E-state index in [2.05, 4.69) is 47.0 Å². The van der Waals surface area contributed by atoms with Crippen LogP contribution in [0.25, 0.3) is 22.8 Å². The number of aromatic nitrogens is 4. The van der Waals surface area contributed by atoms with E-state index in [0.29, 0.717) is 18.1 Å². The van der Waals surface area contributed by atoms with Gasteiger partial charge in [-0.1, -0.05) is 53.5 Å². The van der Waals surface area contributed by atoms with E-state index in [4.69, 9.17) is 15.9 Å². The summed E-state index contributed by atoms with van der Waals surface area (Å²) in [7, 11) is 0. The number of terminal acetylenes is 1. The van der Waals surface area contributed by atoms with Gasteiger partial charge in [-0.15, -0.1) is 6.42 Å². The Morgan fingerprint density at radius 1 is 0.829 bits per heavy atom. The smallest absolute Gasteiger partial charge is 0.258 e. The Labute approximate surface area is 204 Å². The molecule has 35 heavy (non-hydrogen) atoms. The molecule has 0 fully saturated rings. The zero-order valence-electron chi connectivity index (χ0n) is 19.7. The van der Waals surface area contributed by atoms with Gasteiger partial charge in [0.2, 0.25) is 5.82 Å². The third kappa shape index (κ3) is 5.02. The largest absolute Gasteiger partial charge is 0.334 e. The third-order valence-corrected chi connectivity index (χ3v) is 6.00. The molecule has 3 aromatic carbocycles. The highest BCUT2D eigenvalue weighted by Crippen LogP contribution is 2.27. The summed E-state index contributed by atoms with van der Waals surface area (Å²) in [6.07, 6.45) is 8.67. The predicted molar refractivity (Wildman–Crippen MR) is 137 cm³/mol. The van der Waals surface area contributed by atoms with Crippen LogP contribution in [-0.2, 0) is 12.8 Å². The summed E-state index contributed by atoms with van der Waals surface area (Å²) in [5, 5.41) is 4.15. The Bertz CT molecular complexity index is 1490. The van der Waals surface area contributed by atoms with Crippen LogP contribution >= 0.6 is 0 Å². The number of nitrogens with zero attached hydrogens (tertiary/aromatic N) is 4. The maximum atomic E-state index is 5.57. The Balaban J connectivity index is 1.35. The standard InChI is InChI=1S/C30H24N4O/c1-4-22-10-12-23(13-11-22)18-28-31-15-14-26(32-28)19-27-20(2)16-25(17-21(27)3)30-33-29(34-35-30)24-8-6-5-7-9-24/h1,5-17H,18-19H2,2-3H3. The summed E-state index contributed by atoms with van der Waals surface area (Å²) >= 11 is 0. The van der Waals surface area contributed by atoms with Crippen LogP contribution in [0.4, 0.5) is 0 Å². The summed E-state index contributed by atoms with van der Waals surface area (Å²) in [5.74, 6) is 4.54. The zero-order chi connectivity index (χ0) is 24.2. The van der Waals surface area contributed by atoms with Crippen LogP contribution in [0.15, 0.2) is 83.5 Å². The number of hydrogen-bond acceptors (Lipinski definition) is 5. The van der Waals surface area contributed by atoms with Gasteiger partial charge in [-0.25, -0.2) is 9.97 Å². The van der Waals surface area contributed by atoms with Gasteiger partial charge >= 0.3 is 0 Å². The van der Waals surface area contributed by atoms with Crippen molar-refractivity contribution < 1.29 is 4.52 Å². The predicted octanol–water partition coefficient (Wildman–Crippen LogP) is 5.97. The minimum Gasteiger partial charge on any atom is -0.334 e. The average Bonchev–Trinajstić information content (AvgIpc) is 3.38. The van der Waals surface area contributed by atoms with E-state index in [9.17, 15) is 0 Å². The van der Waals surface area contributed by atoms with Gasteiger partial charge in [-0.05, 0) is 66.4 Å². The Hall–Kier alpha value is -4.56. The Morgan fingerprint density at radius 3 is 2.29 bits per heavy atom. The summed E-state index contributed by atoms with van der Waals surface area (Å²) in [6, 6.07) is 23.9. The maximum Gasteiger partial charge on any atom is 0.258 e. The van der Waals surface area contributed by atoms with Gasteiger partial charge in [0.15, 0.2) is 0 Å². The molecule has 0 aliphatic rings. The Morgan fingerprint density at radius 2 is 1.57 bits per heavy atom. The van der Waals surface area contributed by atoms with E-state index < -0.39 is 0 Å². The summed E-state index contributed by atoms with van der Waals surface area (Å²) in [4.78, 5) is 13.9. The summed E-state index contributed by atoms with van der Waals surface area (Å²) < 4.78 is 5.57. The van der Waals surface area contributed by atoms with Crippen LogP contribution in [-0.4, -0.2) is 20.1 Å². The lowest BCUT2D eigenvalue weighted by atomic mass is 9.95. The molecule has 5 aromatic rings. The molecule has 0 aliphatic heterocycles. The monoisotopic (exact) mass is 456 g/mol. The van der Waals surface area contributed by atoms with E-state index in [0.717, 1.165) is 51.3 Å². The molecule has 0 unspecified atom stereocenters. The fourth-order valence-electron chi connectivity index (χ4n) is 4.15. The first-order valence-corrected chi connectivity index (χ1v) is 11.4. The highest BCUT2D eigenvalue weighted by atomic mass is 16.5. The van der Waals surface area contributed by atoms with Crippen molar-refractivity contribution in [1.29, 1.82) is 0 Å².